The van der Waals surface area contributed by atoms with Crippen LogP contribution in [0.25, 0.3) is 0 Å². The number of aromatic nitrogens is 3. The minimum absolute atomic E-state index is 0. The first-order valence-electron chi connectivity index (χ1n) is 8.84. The number of benzene rings is 1. The van der Waals surface area contributed by atoms with Crippen LogP contribution in [0.15, 0.2) is 35.5 Å². The molecule has 0 radical (unpaired) electrons. The molecule has 2 aliphatic heterocycles. The van der Waals surface area contributed by atoms with E-state index in [0.717, 1.165) is 19.3 Å². The SMILES string of the molecule is Cl.Cn1ncnc1COc1ccc(S(=O)(=O)N2CCC3CCC(C2)N3)cc1. The Hall–Kier alpha value is -1.68. The second-order valence-corrected chi connectivity index (χ2v) is 8.79. The third kappa shape index (κ3) is 4.26. The van der Waals surface area contributed by atoms with Crippen LogP contribution in [0.1, 0.15) is 25.1 Å². The number of sulfonamides is 1. The van der Waals surface area contributed by atoms with E-state index >= 15 is 0 Å². The summed E-state index contributed by atoms with van der Waals surface area (Å²) >= 11 is 0. The Balaban J connectivity index is 0.00000210. The molecule has 0 amide bonds. The van der Waals surface area contributed by atoms with Gasteiger partial charge in [0.05, 0.1) is 4.90 Å². The van der Waals surface area contributed by atoms with Crippen LogP contribution in [-0.2, 0) is 23.7 Å². The van der Waals surface area contributed by atoms with Crippen molar-refractivity contribution in [2.75, 3.05) is 13.1 Å². The van der Waals surface area contributed by atoms with Gasteiger partial charge in [-0.3, -0.25) is 4.68 Å². The molecule has 1 N–H and O–H groups in total. The topological polar surface area (TPSA) is 89.3 Å². The lowest BCUT2D eigenvalue weighted by molar-refractivity contribution is 0.289. The number of nitrogens with zero attached hydrogens (tertiary/aromatic N) is 4. The van der Waals surface area contributed by atoms with Crippen LogP contribution in [0.2, 0.25) is 0 Å². The van der Waals surface area contributed by atoms with E-state index in [1.807, 2.05) is 0 Å². The molecule has 2 fully saturated rings. The van der Waals surface area contributed by atoms with E-state index in [1.165, 1.54) is 6.33 Å². The highest BCUT2D eigenvalue weighted by Crippen LogP contribution is 2.26. The van der Waals surface area contributed by atoms with Crippen molar-refractivity contribution < 1.29 is 13.2 Å². The van der Waals surface area contributed by atoms with Crippen molar-refractivity contribution in [2.24, 2.45) is 7.05 Å². The molecular formula is C17H24ClN5O3S. The Bertz CT molecular complexity index is 871. The highest BCUT2D eigenvalue weighted by atomic mass is 35.5. The normalized spacial score (nSPS) is 22.9. The molecule has 1 aromatic carbocycles. The first kappa shape index (κ1) is 20.1. The maximum absolute atomic E-state index is 13.0. The number of hydrogen-bond donors (Lipinski definition) is 1. The third-order valence-electron chi connectivity index (χ3n) is 5.12. The van der Waals surface area contributed by atoms with Crippen LogP contribution in [0, 0.1) is 0 Å². The Morgan fingerprint density at radius 2 is 1.93 bits per heavy atom. The second-order valence-electron chi connectivity index (χ2n) is 6.85. The van der Waals surface area contributed by atoms with E-state index < -0.39 is 10.0 Å². The molecule has 0 aliphatic carbocycles. The molecule has 2 atom stereocenters. The van der Waals surface area contributed by atoms with Gasteiger partial charge in [-0.05, 0) is 43.5 Å². The molecule has 10 heteroatoms. The Morgan fingerprint density at radius 3 is 2.63 bits per heavy atom. The predicted molar refractivity (Wildman–Crippen MR) is 102 cm³/mol. The zero-order valence-electron chi connectivity index (χ0n) is 15.1. The van der Waals surface area contributed by atoms with Gasteiger partial charge in [-0.15, -0.1) is 12.4 Å². The number of fused-ring (bicyclic) bond motifs is 2. The van der Waals surface area contributed by atoms with Gasteiger partial charge < -0.3 is 10.1 Å². The lowest BCUT2D eigenvalue weighted by Gasteiger charge is -2.23. The number of hydrogen-bond acceptors (Lipinski definition) is 6. The summed E-state index contributed by atoms with van der Waals surface area (Å²) in [7, 11) is -1.68. The zero-order valence-corrected chi connectivity index (χ0v) is 16.7. The largest absolute Gasteiger partial charge is 0.486 e. The summed E-state index contributed by atoms with van der Waals surface area (Å²) in [5, 5.41) is 7.50. The maximum Gasteiger partial charge on any atom is 0.243 e. The summed E-state index contributed by atoms with van der Waals surface area (Å²) in [5.41, 5.74) is 0. The zero-order chi connectivity index (χ0) is 18.1. The third-order valence-corrected chi connectivity index (χ3v) is 7.00. The molecule has 2 unspecified atom stereocenters. The van der Waals surface area contributed by atoms with Gasteiger partial charge in [0.15, 0.2) is 5.82 Å². The van der Waals surface area contributed by atoms with E-state index in [-0.39, 0.29) is 25.1 Å². The molecule has 0 saturated carbocycles. The van der Waals surface area contributed by atoms with E-state index in [2.05, 4.69) is 15.4 Å². The van der Waals surface area contributed by atoms with Crippen LogP contribution in [0.4, 0.5) is 0 Å². The second kappa shape index (κ2) is 8.14. The van der Waals surface area contributed by atoms with Gasteiger partial charge in [-0.2, -0.15) is 9.40 Å². The van der Waals surface area contributed by atoms with Gasteiger partial charge in [0.25, 0.3) is 0 Å². The number of rotatable bonds is 5. The Morgan fingerprint density at radius 1 is 1.19 bits per heavy atom. The van der Waals surface area contributed by atoms with Crippen LogP contribution < -0.4 is 10.1 Å². The summed E-state index contributed by atoms with van der Waals surface area (Å²) in [5.74, 6) is 1.30. The number of halogens is 1. The minimum atomic E-state index is -3.48. The van der Waals surface area contributed by atoms with E-state index in [4.69, 9.17) is 4.74 Å². The average Bonchev–Trinajstić information content (AvgIpc) is 3.17. The number of ether oxygens (including phenoxy) is 1. The molecule has 2 aromatic rings. The van der Waals surface area contributed by atoms with Crippen molar-refractivity contribution >= 4 is 22.4 Å². The molecule has 0 spiro atoms. The maximum atomic E-state index is 13.0. The first-order chi connectivity index (χ1) is 12.5. The molecule has 148 valence electrons. The Kier molecular flexibility index (Phi) is 6.05. The molecule has 3 heterocycles. The van der Waals surface area contributed by atoms with Gasteiger partial charge in [0, 0.05) is 32.2 Å². The average molecular weight is 414 g/mol. The fourth-order valence-corrected chi connectivity index (χ4v) is 5.08. The lowest BCUT2D eigenvalue weighted by Crippen LogP contribution is -2.39. The molecular weight excluding hydrogens is 390 g/mol. The summed E-state index contributed by atoms with van der Waals surface area (Å²) < 4.78 is 34.8. The molecule has 27 heavy (non-hydrogen) atoms. The summed E-state index contributed by atoms with van der Waals surface area (Å²) in [6.07, 6.45) is 4.54. The lowest BCUT2D eigenvalue weighted by atomic mass is 10.1. The fourth-order valence-electron chi connectivity index (χ4n) is 3.58. The smallest absolute Gasteiger partial charge is 0.243 e. The molecule has 2 saturated heterocycles. The minimum Gasteiger partial charge on any atom is -0.486 e. The molecule has 1 aromatic heterocycles. The quantitative estimate of drug-likeness (QED) is 0.795. The van der Waals surface area contributed by atoms with Crippen molar-refractivity contribution in [3.63, 3.8) is 0 Å². The van der Waals surface area contributed by atoms with E-state index in [9.17, 15) is 8.42 Å². The number of aryl methyl sites for hydroxylation is 1. The number of nitrogens with one attached hydrogen (secondary N) is 1. The molecule has 2 bridgehead atoms. The molecule has 8 nitrogen and oxygen atoms in total. The van der Waals surface area contributed by atoms with Crippen molar-refractivity contribution in [1.29, 1.82) is 0 Å². The van der Waals surface area contributed by atoms with Crippen molar-refractivity contribution in [3.05, 3.63) is 36.4 Å². The highest BCUT2D eigenvalue weighted by molar-refractivity contribution is 7.89. The monoisotopic (exact) mass is 413 g/mol. The van der Waals surface area contributed by atoms with Crippen molar-refractivity contribution in [3.8, 4) is 5.75 Å². The van der Waals surface area contributed by atoms with E-state index in [1.54, 1.807) is 40.3 Å². The van der Waals surface area contributed by atoms with Gasteiger partial charge in [-0.1, -0.05) is 0 Å². The van der Waals surface area contributed by atoms with Gasteiger partial charge in [0.1, 0.15) is 18.7 Å². The van der Waals surface area contributed by atoms with Crippen molar-refractivity contribution in [1.82, 2.24) is 24.4 Å². The standard InChI is InChI=1S/C17H23N5O3S.ClH/c1-21-17(18-12-19-21)11-25-15-4-6-16(7-5-15)26(23,24)22-9-8-13-2-3-14(10-22)20-13;/h4-7,12-14,20H,2-3,8-11H2,1H3;1H. The van der Waals surface area contributed by atoms with Gasteiger partial charge in [0.2, 0.25) is 10.0 Å². The molecule has 2 aliphatic rings. The van der Waals surface area contributed by atoms with Crippen LogP contribution >= 0.6 is 12.4 Å². The summed E-state index contributed by atoms with van der Waals surface area (Å²) in [4.78, 5) is 4.40. The summed E-state index contributed by atoms with van der Waals surface area (Å²) in [6.45, 7) is 1.40. The first-order valence-corrected chi connectivity index (χ1v) is 10.3. The Labute approximate surface area is 165 Å². The van der Waals surface area contributed by atoms with Crippen LogP contribution in [0.5, 0.6) is 5.75 Å². The van der Waals surface area contributed by atoms with Crippen molar-refractivity contribution in [2.45, 2.75) is 42.8 Å². The van der Waals surface area contributed by atoms with Gasteiger partial charge >= 0.3 is 0 Å². The summed E-state index contributed by atoms with van der Waals surface area (Å²) in [6, 6.07) is 7.31. The fraction of sp³-hybridized carbons (Fsp3) is 0.529. The molecule has 4 rings (SSSR count). The van der Waals surface area contributed by atoms with Crippen LogP contribution in [0.3, 0.4) is 0 Å². The predicted octanol–water partition coefficient (Wildman–Crippen LogP) is 1.33. The van der Waals surface area contributed by atoms with E-state index in [0.29, 0.717) is 35.6 Å². The van der Waals surface area contributed by atoms with Crippen LogP contribution in [-0.4, -0.2) is 52.7 Å². The van der Waals surface area contributed by atoms with Gasteiger partial charge in [-0.25, -0.2) is 13.4 Å². The highest BCUT2D eigenvalue weighted by Gasteiger charge is 2.34.